The molecule has 0 heterocycles. The van der Waals surface area contributed by atoms with Crippen LogP contribution in [-0.4, -0.2) is 18.2 Å². The van der Waals surface area contributed by atoms with E-state index in [9.17, 15) is 9.18 Å². The fourth-order valence-electron chi connectivity index (χ4n) is 3.30. The Morgan fingerprint density at radius 2 is 1.76 bits per heavy atom. The van der Waals surface area contributed by atoms with Crippen LogP contribution in [0.2, 0.25) is 5.02 Å². The maximum atomic E-state index is 13.2. The largest absolute Gasteiger partial charge is 0.488 e. The number of nitrogens with zero attached hydrogens (tertiary/aromatic N) is 1. The molecule has 4 rings (SSSR count). The Morgan fingerprint density at radius 3 is 2.53 bits per heavy atom. The normalized spacial score (nSPS) is 12.0. The van der Waals surface area contributed by atoms with Crippen LogP contribution in [-0.2, 0) is 11.4 Å². The molecule has 0 fully saturated rings. The molecule has 4 aromatic carbocycles. The van der Waals surface area contributed by atoms with Gasteiger partial charge in [0, 0.05) is 10.6 Å². The highest BCUT2D eigenvalue weighted by atomic mass is 35.5. The first-order valence-corrected chi connectivity index (χ1v) is 11.0. The molecule has 0 aliphatic rings. The van der Waals surface area contributed by atoms with Crippen molar-refractivity contribution in [3.8, 4) is 11.5 Å². The van der Waals surface area contributed by atoms with E-state index in [1.807, 2.05) is 36.4 Å². The van der Waals surface area contributed by atoms with E-state index in [1.165, 1.54) is 12.1 Å². The summed E-state index contributed by atoms with van der Waals surface area (Å²) >= 11 is 5.88. The first-order chi connectivity index (χ1) is 16.5. The third-order valence-electron chi connectivity index (χ3n) is 5.10. The molecule has 0 spiro atoms. The van der Waals surface area contributed by atoms with Crippen molar-refractivity contribution in [2.75, 3.05) is 0 Å². The summed E-state index contributed by atoms with van der Waals surface area (Å²) in [4.78, 5) is 12.5. The number of nitrogens with one attached hydrogen (secondary N) is 1. The zero-order valence-electron chi connectivity index (χ0n) is 18.4. The molecule has 7 heteroatoms. The Labute approximate surface area is 201 Å². The summed E-state index contributed by atoms with van der Waals surface area (Å²) < 4.78 is 24.8. The predicted octanol–water partition coefficient (Wildman–Crippen LogP) is 6.13. The lowest BCUT2D eigenvalue weighted by molar-refractivity contribution is -0.127. The molecule has 1 unspecified atom stereocenters. The average Bonchev–Trinajstić information content (AvgIpc) is 2.85. The van der Waals surface area contributed by atoms with E-state index < -0.39 is 12.0 Å². The molecule has 1 atom stereocenters. The molecule has 0 saturated heterocycles. The molecule has 4 aromatic rings. The van der Waals surface area contributed by atoms with Crippen LogP contribution in [0.25, 0.3) is 10.8 Å². The Balaban J connectivity index is 1.48. The number of amides is 1. The third-order valence-corrected chi connectivity index (χ3v) is 5.35. The number of hydrogen-bond acceptors (Lipinski definition) is 4. The van der Waals surface area contributed by atoms with Crippen molar-refractivity contribution in [2.45, 2.75) is 19.6 Å². The Bertz CT molecular complexity index is 1310. The second-order valence-corrected chi connectivity index (χ2v) is 8.00. The van der Waals surface area contributed by atoms with Crippen LogP contribution < -0.4 is 14.9 Å². The van der Waals surface area contributed by atoms with Crippen molar-refractivity contribution in [1.82, 2.24) is 5.43 Å². The lowest BCUT2D eigenvalue weighted by Crippen LogP contribution is -2.33. The Hall–Kier alpha value is -3.90. The van der Waals surface area contributed by atoms with Crippen LogP contribution in [0.3, 0.4) is 0 Å². The quantitative estimate of drug-likeness (QED) is 0.246. The van der Waals surface area contributed by atoms with Gasteiger partial charge in [-0.05, 0) is 65.7 Å². The van der Waals surface area contributed by atoms with Crippen LogP contribution in [0.4, 0.5) is 4.39 Å². The van der Waals surface area contributed by atoms with E-state index in [4.69, 9.17) is 21.1 Å². The van der Waals surface area contributed by atoms with E-state index in [-0.39, 0.29) is 12.4 Å². The van der Waals surface area contributed by atoms with Gasteiger partial charge in [0.1, 0.15) is 23.9 Å². The van der Waals surface area contributed by atoms with Gasteiger partial charge in [-0.25, -0.2) is 9.82 Å². The minimum absolute atomic E-state index is 0.262. The van der Waals surface area contributed by atoms with Gasteiger partial charge < -0.3 is 9.47 Å². The van der Waals surface area contributed by atoms with Crippen LogP contribution in [0.15, 0.2) is 90.0 Å². The summed E-state index contributed by atoms with van der Waals surface area (Å²) in [5.41, 5.74) is 4.06. The van der Waals surface area contributed by atoms with Crippen molar-refractivity contribution >= 4 is 34.5 Å². The maximum Gasteiger partial charge on any atom is 0.280 e. The lowest BCUT2D eigenvalue weighted by atomic mass is 10.0. The standard InChI is InChI=1S/C27H22ClFN2O3/c1-18(34-23-13-9-21(28)10-14-23)27(32)31-30-16-25-24-5-3-2-4-20(24)8-15-26(25)33-17-19-6-11-22(29)12-7-19/h2-16,18H,17H2,1H3,(H,31,32). The fraction of sp³-hybridized carbons (Fsp3) is 0.111. The summed E-state index contributed by atoms with van der Waals surface area (Å²) in [6, 6.07) is 24.5. The van der Waals surface area contributed by atoms with Gasteiger partial charge >= 0.3 is 0 Å². The van der Waals surface area contributed by atoms with E-state index in [0.717, 1.165) is 16.3 Å². The number of ether oxygens (including phenoxy) is 2. The van der Waals surface area contributed by atoms with Gasteiger partial charge in [-0.3, -0.25) is 4.79 Å². The van der Waals surface area contributed by atoms with Gasteiger partial charge in [0.2, 0.25) is 0 Å². The van der Waals surface area contributed by atoms with E-state index in [0.29, 0.717) is 22.1 Å². The zero-order chi connectivity index (χ0) is 23.9. The number of hydrazone groups is 1. The number of benzene rings is 4. The van der Waals surface area contributed by atoms with E-state index in [1.54, 1.807) is 49.5 Å². The van der Waals surface area contributed by atoms with Crippen LogP contribution in [0.1, 0.15) is 18.1 Å². The molecule has 1 amide bonds. The topological polar surface area (TPSA) is 59.9 Å². The highest BCUT2D eigenvalue weighted by Gasteiger charge is 2.14. The molecule has 0 aromatic heterocycles. The van der Waals surface area contributed by atoms with Crippen LogP contribution in [0, 0.1) is 5.82 Å². The number of halogens is 2. The molecule has 34 heavy (non-hydrogen) atoms. The van der Waals surface area contributed by atoms with Crippen LogP contribution in [0.5, 0.6) is 11.5 Å². The highest BCUT2D eigenvalue weighted by Crippen LogP contribution is 2.27. The highest BCUT2D eigenvalue weighted by molar-refractivity contribution is 6.30. The second kappa shape index (κ2) is 10.8. The van der Waals surface area contributed by atoms with Crippen molar-refractivity contribution in [3.05, 3.63) is 107 Å². The van der Waals surface area contributed by atoms with Crippen molar-refractivity contribution in [1.29, 1.82) is 0 Å². The van der Waals surface area contributed by atoms with Crippen molar-refractivity contribution < 1.29 is 18.7 Å². The molecule has 0 aliphatic carbocycles. The molecule has 0 saturated carbocycles. The average molecular weight is 477 g/mol. The van der Waals surface area contributed by atoms with Crippen LogP contribution >= 0.6 is 11.6 Å². The molecule has 0 aliphatic heterocycles. The maximum absolute atomic E-state index is 13.2. The summed E-state index contributed by atoms with van der Waals surface area (Å²) in [6.45, 7) is 1.90. The third kappa shape index (κ3) is 5.91. The Kier molecular flexibility index (Phi) is 7.40. The number of fused-ring (bicyclic) bond motifs is 1. The summed E-state index contributed by atoms with van der Waals surface area (Å²) in [6.07, 6.45) is 0.787. The summed E-state index contributed by atoms with van der Waals surface area (Å²) in [5, 5.41) is 6.65. The number of rotatable bonds is 8. The minimum Gasteiger partial charge on any atom is -0.488 e. The SMILES string of the molecule is CC(Oc1ccc(Cl)cc1)C(=O)NN=Cc1c(OCc2ccc(F)cc2)ccc2ccccc12. The molecule has 1 N–H and O–H groups in total. The molecular weight excluding hydrogens is 455 g/mol. The zero-order valence-corrected chi connectivity index (χ0v) is 19.1. The minimum atomic E-state index is -0.764. The first-order valence-electron chi connectivity index (χ1n) is 10.6. The predicted molar refractivity (Wildman–Crippen MR) is 132 cm³/mol. The fourth-order valence-corrected chi connectivity index (χ4v) is 3.42. The van der Waals surface area contributed by atoms with Gasteiger partial charge in [0.25, 0.3) is 5.91 Å². The second-order valence-electron chi connectivity index (χ2n) is 7.56. The van der Waals surface area contributed by atoms with Gasteiger partial charge in [0.05, 0.1) is 6.21 Å². The van der Waals surface area contributed by atoms with Gasteiger partial charge in [-0.1, -0.05) is 54.1 Å². The smallest absolute Gasteiger partial charge is 0.280 e. The van der Waals surface area contributed by atoms with Gasteiger partial charge in [-0.15, -0.1) is 0 Å². The Morgan fingerprint density at radius 1 is 1.03 bits per heavy atom. The molecular formula is C27H22ClFN2O3. The number of hydrogen-bond donors (Lipinski definition) is 1. The van der Waals surface area contributed by atoms with Crippen molar-refractivity contribution in [3.63, 3.8) is 0 Å². The lowest BCUT2D eigenvalue weighted by Gasteiger charge is -2.13. The van der Waals surface area contributed by atoms with E-state index >= 15 is 0 Å². The molecule has 0 radical (unpaired) electrons. The number of carbonyl (C=O) groups excluding carboxylic acids is 1. The molecule has 5 nitrogen and oxygen atoms in total. The summed E-state index contributed by atoms with van der Waals surface area (Å²) in [5.74, 6) is 0.417. The first kappa shape index (κ1) is 23.3. The molecule has 0 bridgehead atoms. The summed E-state index contributed by atoms with van der Waals surface area (Å²) in [7, 11) is 0. The van der Waals surface area contributed by atoms with Crippen molar-refractivity contribution in [2.24, 2.45) is 5.10 Å². The van der Waals surface area contributed by atoms with Gasteiger partial charge in [-0.2, -0.15) is 5.10 Å². The molecule has 172 valence electrons. The number of carbonyl (C=O) groups is 1. The van der Waals surface area contributed by atoms with Gasteiger partial charge in [0.15, 0.2) is 6.10 Å². The monoisotopic (exact) mass is 476 g/mol. The van der Waals surface area contributed by atoms with E-state index in [2.05, 4.69) is 10.5 Å².